The highest BCUT2D eigenvalue weighted by Crippen LogP contribution is 2.31. The number of guanidine groups is 1. The van der Waals surface area contributed by atoms with Crippen molar-refractivity contribution in [3.63, 3.8) is 0 Å². The second-order valence-electron chi connectivity index (χ2n) is 6.34. The molecule has 0 saturated heterocycles. The van der Waals surface area contributed by atoms with Crippen LogP contribution in [0.5, 0.6) is 17.2 Å². The summed E-state index contributed by atoms with van der Waals surface area (Å²) in [4.78, 5) is 4.23. The molecule has 0 saturated carbocycles. The van der Waals surface area contributed by atoms with E-state index in [4.69, 9.17) is 18.9 Å². The summed E-state index contributed by atoms with van der Waals surface area (Å²) in [7, 11) is 3.29. The second kappa shape index (κ2) is 9.97. The van der Waals surface area contributed by atoms with Gasteiger partial charge in [-0.15, -0.1) is 0 Å². The fourth-order valence-electron chi connectivity index (χ4n) is 3.10. The predicted octanol–water partition coefficient (Wildman–Crippen LogP) is 3.33. The lowest BCUT2D eigenvalue weighted by atomic mass is 10.1. The molecule has 0 spiro atoms. The van der Waals surface area contributed by atoms with E-state index >= 15 is 0 Å². The Morgan fingerprint density at radius 1 is 1.24 bits per heavy atom. The molecule has 0 fully saturated rings. The molecule has 156 valence electrons. The number of rotatable bonds is 7. The third kappa shape index (κ3) is 5.29. The number of halogens is 1. The second-order valence-corrected chi connectivity index (χ2v) is 6.34. The summed E-state index contributed by atoms with van der Waals surface area (Å²) in [5.74, 6) is 2.32. The third-order valence-electron chi connectivity index (χ3n) is 4.39. The first-order chi connectivity index (χ1) is 14.1. The van der Waals surface area contributed by atoms with Gasteiger partial charge in [0.15, 0.2) is 24.3 Å². The van der Waals surface area contributed by atoms with Crippen LogP contribution in [0.2, 0.25) is 0 Å². The van der Waals surface area contributed by atoms with Crippen LogP contribution in [0, 0.1) is 5.82 Å². The van der Waals surface area contributed by atoms with E-state index in [1.807, 2.05) is 25.1 Å². The highest BCUT2D eigenvalue weighted by atomic mass is 19.1. The first-order valence-corrected chi connectivity index (χ1v) is 9.45. The molecule has 3 rings (SSSR count). The van der Waals surface area contributed by atoms with Crippen LogP contribution in [0.4, 0.5) is 10.1 Å². The highest BCUT2D eigenvalue weighted by molar-refractivity contribution is 5.93. The molecule has 0 unspecified atom stereocenters. The zero-order valence-corrected chi connectivity index (χ0v) is 16.9. The van der Waals surface area contributed by atoms with Crippen LogP contribution in [0.25, 0.3) is 0 Å². The first kappa shape index (κ1) is 20.7. The predicted molar refractivity (Wildman–Crippen MR) is 110 cm³/mol. The summed E-state index contributed by atoms with van der Waals surface area (Å²) in [6.07, 6.45) is 0.577. The van der Waals surface area contributed by atoms with Gasteiger partial charge in [0.25, 0.3) is 0 Å². The lowest BCUT2D eigenvalue weighted by Crippen LogP contribution is -2.32. The molecule has 2 aromatic rings. The molecule has 1 heterocycles. The van der Waals surface area contributed by atoms with Crippen molar-refractivity contribution in [3.8, 4) is 17.2 Å². The lowest BCUT2D eigenvalue weighted by molar-refractivity contribution is -0.0172. The summed E-state index contributed by atoms with van der Waals surface area (Å²) in [5.41, 5.74) is 2.34. The summed E-state index contributed by atoms with van der Waals surface area (Å²) >= 11 is 0. The van der Waals surface area contributed by atoms with Gasteiger partial charge in [-0.25, -0.2) is 4.39 Å². The van der Waals surface area contributed by atoms with E-state index in [0.717, 1.165) is 16.8 Å². The Bertz CT molecular complexity index is 873. The standard InChI is InChI=1S/C21H26FN3O4/c1-4-28-19-11-17(5-6-18(19)26-3)25-21(23-2)24-8-7-14-9-16(22)10-15-12-27-13-29-20(14)15/h5-6,9-11H,4,7-8,12-13H2,1-3H3,(H2,23,24,25). The molecule has 0 bridgehead atoms. The molecule has 29 heavy (non-hydrogen) atoms. The molecular weight excluding hydrogens is 377 g/mol. The van der Waals surface area contributed by atoms with Crippen LogP contribution >= 0.6 is 0 Å². The Labute approximate surface area is 169 Å². The van der Waals surface area contributed by atoms with Crippen LogP contribution in [0.1, 0.15) is 18.1 Å². The van der Waals surface area contributed by atoms with E-state index in [1.165, 1.54) is 12.1 Å². The van der Waals surface area contributed by atoms with Gasteiger partial charge in [-0.1, -0.05) is 0 Å². The monoisotopic (exact) mass is 403 g/mol. The summed E-state index contributed by atoms with van der Waals surface area (Å²) < 4.78 is 35.6. The van der Waals surface area contributed by atoms with Crippen molar-refractivity contribution in [3.05, 3.63) is 47.3 Å². The minimum atomic E-state index is -0.294. The zero-order valence-electron chi connectivity index (χ0n) is 16.9. The number of benzene rings is 2. The summed E-state index contributed by atoms with van der Waals surface area (Å²) in [6, 6.07) is 8.52. The maximum Gasteiger partial charge on any atom is 0.195 e. The van der Waals surface area contributed by atoms with Gasteiger partial charge in [0.1, 0.15) is 11.6 Å². The Hall–Kier alpha value is -3.00. The third-order valence-corrected chi connectivity index (χ3v) is 4.39. The van der Waals surface area contributed by atoms with Gasteiger partial charge in [-0.3, -0.25) is 4.99 Å². The molecule has 8 heteroatoms. The fourth-order valence-corrected chi connectivity index (χ4v) is 3.10. The van der Waals surface area contributed by atoms with Crippen molar-refractivity contribution in [2.24, 2.45) is 4.99 Å². The minimum Gasteiger partial charge on any atom is -0.493 e. The van der Waals surface area contributed by atoms with Crippen molar-refractivity contribution < 1.29 is 23.3 Å². The average molecular weight is 403 g/mol. The number of anilines is 1. The number of hydrogen-bond acceptors (Lipinski definition) is 5. The van der Waals surface area contributed by atoms with E-state index in [2.05, 4.69) is 15.6 Å². The number of nitrogens with zero attached hydrogens (tertiary/aromatic N) is 1. The van der Waals surface area contributed by atoms with E-state index in [1.54, 1.807) is 14.2 Å². The molecule has 1 aliphatic heterocycles. The van der Waals surface area contributed by atoms with Crippen molar-refractivity contribution in [1.29, 1.82) is 0 Å². The van der Waals surface area contributed by atoms with Crippen molar-refractivity contribution in [1.82, 2.24) is 5.32 Å². The molecule has 1 aliphatic rings. The van der Waals surface area contributed by atoms with Gasteiger partial charge in [0, 0.05) is 30.9 Å². The zero-order chi connectivity index (χ0) is 20.6. The molecule has 2 N–H and O–H groups in total. The Morgan fingerprint density at radius 3 is 2.86 bits per heavy atom. The van der Waals surface area contributed by atoms with E-state index in [9.17, 15) is 4.39 Å². The average Bonchev–Trinajstić information content (AvgIpc) is 2.73. The van der Waals surface area contributed by atoms with Gasteiger partial charge in [-0.2, -0.15) is 0 Å². The molecule has 7 nitrogen and oxygen atoms in total. The quantitative estimate of drug-likeness (QED) is 0.546. The van der Waals surface area contributed by atoms with Crippen LogP contribution in [0.15, 0.2) is 35.3 Å². The fraction of sp³-hybridized carbons (Fsp3) is 0.381. The van der Waals surface area contributed by atoms with Crippen molar-refractivity contribution in [2.45, 2.75) is 20.0 Å². The molecule has 0 aromatic heterocycles. The summed E-state index contributed by atoms with van der Waals surface area (Å²) in [6.45, 7) is 3.55. The Morgan fingerprint density at radius 2 is 2.10 bits per heavy atom. The molecule has 0 radical (unpaired) electrons. The number of methoxy groups -OCH3 is 1. The number of fused-ring (bicyclic) bond motifs is 1. The maximum atomic E-state index is 13.9. The van der Waals surface area contributed by atoms with Gasteiger partial charge in [0.2, 0.25) is 0 Å². The first-order valence-electron chi connectivity index (χ1n) is 9.45. The molecule has 0 amide bonds. The Balaban J connectivity index is 1.62. The topological polar surface area (TPSA) is 73.3 Å². The van der Waals surface area contributed by atoms with Gasteiger partial charge < -0.3 is 29.6 Å². The highest BCUT2D eigenvalue weighted by Gasteiger charge is 2.17. The molecule has 2 aromatic carbocycles. The van der Waals surface area contributed by atoms with Gasteiger partial charge in [0.05, 0.1) is 20.3 Å². The van der Waals surface area contributed by atoms with E-state index in [0.29, 0.717) is 49.4 Å². The lowest BCUT2D eigenvalue weighted by Gasteiger charge is -2.21. The summed E-state index contributed by atoms with van der Waals surface area (Å²) in [5, 5.41) is 6.45. The van der Waals surface area contributed by atoms with Crippen LogP contribution in [-0.2, 0) is 17.8 Å². The molecule has 0 aliphatic carbocycles. The SMILES string of the molecule is CCOc1cc(NC(=NC)NCCc2cc(F)cc3c2OCOC3)ccc1OC. The maximum absolute atomic E-state index is 13.9. The van der Waals surface area contributed by atoms with Gasteiger partial charge >= 0.3 is 0 Å². The molecular formula is C21H26FN3O4. The van der Waals surface area contributed by atoms with Crippen LogP contribution in [-0.4, -0.2) is 40.1 Å². The van der Waals surface area contributed by atoms with Gasteiger partial charge in [-0.05, 0) is 43.2 Å². The van der Waals surface area contributed by atoms with E-state index in [-0.39, 0.29) is 12.6 Å². The number of ether oxygens (including phenoxy) is 4. The van der Waals surface area contributed by atoms with E-state index < -0.39 is 0 Å². The number of aliphatic imine (C=N–C) groups is 1. The Kier molecular flexibility index (Phi) is 7.13. The largest absolute Gasteiger partial charge is 0.493 e. The van der Waals surface area contributed by atoms with Crippen molar-refractivity contribution in [2.75, 3.05) is 39.4 Å². The minimum absolute atomic E-state index is 0.182. The number of nitrogens with one attached hydrogen (secondary N) is 2. The van der Waals surface area contributed by atoms with Crippen LogP contribution < -0.4 is 24.8 Å². The van der Waals surface area contributed by atoms with Crippen molar-refractivity contribution >= 4 is 11.6 Å². The number of hydrogen-bond donors (Lipinski definition) is 2. The van der Waals surface area contributed by atoms with Crippen LogP contribution in [0.3, 0.4) is 0 Å². The molecule has 0 atom stereocenters. The normalized spacial score (nSPS) is 13.3. The smallest absolute Gasteiger partial charge is 0.195 e.